The van der Waals surface area contributed by atoms with Crippen LogP contribution in [0.2, 0.25) is 0 Å². The largest absolute Gasteiger partial charge is 0.371 e. The lowest BCUT2D eigenvalue weighted by Crippen LogP contribution is -2.48. The molecule has 0 atom stereocenters. The van der Waals surface area contributed by atoms with Crippen LogP contribution in [-0.2, 0) is 0 Å². The van der Waals surface area contributed by atoms with E-state index in [0.717, 1.165) is 32.7 Å². The molecule has 0 saturated carbocycles. The Balaban J connectivity index is 1.64. The Morgan fingerprint density at radius 1 is 0.947 bits per heavy atom. The van der Waals surface area contributed by atoms with Crippen molar-refractivity contribution in [2.45, 2.75) is 0 Å². The van der Waals surface area contributed by atoms with E-state index in [9.17, 15) is 0 Å². The summed E-state index contributed by atoms with van der Waals surface area (Å²) in [7, 11) is 2.19. The summed E-state index contributed by atoms with van der Waals surface area (Å²) >= 11 is 0. The highest BCUT2D eigenvalue weighted by Crippen LogP contribution is 2.31. The van der Waals surface area contributed by atoms with Gasteiger partial charge in [-0.1, -0.05) is 12.1 Å². The Morgan fingerprint density at radius 2 is 1.68 bits per heavy atom. The van der Waals surface area contributed by atoms with E-state index in [1.54, 1.807) is 0 Å². The average Bonchev–Trinajstić information content (AvgIpc) is 2.48. The number of para-hydroxylation sites is 2. The predicted molar refractivity (Wildman–Crippen MR) is 81.2 cm³/mol. The van der Waals surface area contributed by atoms with Crippen molar-refractivity contribution < 1.29 is 0 Å². The number of rotatable bonds is 3. The van der Waals surface area contributed by atoms with Crippen LogP contribution in [0.5, 0.6) is 0 Å². The van der Waals surface area contributed by atoms with Crippen molar-refractivity contribution in [1.29, 1.82) is 0 Å². The number of hydrogen-bond donors (Lipinski definition) is 1. The fourth-order valence-electron chi connectivity index (χ4n) is 3.00. The van der Waals surface area contributed by atoms with Gasteiger partial charge in [0.05, 0.1) is 11.4 Å². The minimum absolute atomic E-state index is 1.12. The van der Waals surface area contributed by atoms with E-state index in [0.29, 0.717) is 0 Å². The molecule has 2 aliphatic heterocycles. The molecule has 0 aliphatic carbocycles. The first-order chi connectivity index (χ1) is 9.34. The number of likely N-dealkylation sites (N-methyl/N-ethyl adjacent to an activating group) is 1. The van der Waals surface area contributed by atoms with Gasteiger partial charge >= 0.3 is 0 Å². The first-order valence-electron chi connectivity index (χ1n) is 7.33. The molecule has 1 saturated heterocycles. The zero-order valence-corrected chi connectivity index (χ0v) is 11.8. The summed E-state index contributed by atoms with van der Waals surface area (Å²) in [6, 6.07) is 8.76. The minimum atomic E-state index is 1.12. The third-order valence-electron chi connectivity index (χ3n) is 4.23. The van der Waals surface area contributed by atoms with Crippen molar-refractivity contribution in [2.75, 3.05) is 69.2 Å². The van der Waals surface area contributed by atoms with Crippen LogP contribution in [0.15, 0.2) is 24.3 Å². The topological polar surface area (TPSA) is 21.8 Å². The SMILES string of the molecule is CN1CCN(CCN2CCNCC2)c2ccccc21. The highest BCUT2D eigenvalue weighted by Gasteiger charge is 2.20. The average molecular weight is 260 g/mol. The van der Waals surface area contributed by atoms with Crippen molar-refractivity contribution in [3.63, 3.8) is 0 Å². The molecule has 1 aromatic rings. The van der Waals surface area contributed by atoms with E-state index >= 15 is 0 Å². The minimum Gasteiger partial charge on any atom is -0.371 e. The molecule has 1 aromatic carbocycles. The first kappa shape index (κ1) is 12.8. The summed E-state index contributed by atoms with van der Waals surface area (Å²) in [4.78, 5) is 7.46. The molecule has 0 spiro atoms. The number of fused-ring (bicyclic) bond motifs is 1. The van der Waals surface area contributed by atoms with E-state index in [1.165, 1.54) is 31.0 Å². The molecule has 0 aromatic heterocycles. The fourth-order valence-corrected chi connectivity index (χ4v) is 3.00. The lowest BCUT2D eigenvalue weighted by Gasteiger charge is -2.38. The number of piperazine rings is 1. The maximum Gasteiger partial charge on any atom is 0.0605 e. The van der Waals surface area contributed by atoms with E-state index < -0.39 is 0 Å². The molecule has 2 heterocycles. The Kier molecular flexibility index (Phi) is 3.89. The number of hydrogen-bond acceptors (Lipinski definition) is 4. The summed E-state index contributed by atoms with van der Waals surface area (Å²) in [5.74, 6) is 0. The molecule has 19 heavy (non-hydrogen) atoms. The summed E-state index contributed by atoms with van der Waals surface area (Å²) in [5, 5.41) is 3.41. The van der Waals surface area contributed by atoms with Crippen molar-refractivity contribution in [3.8, 4) is 0 Å². The Bertz CT molecular complexity index is 414. The van der Waals surface area contributed by atoms with Gasteiger partial charge in [0.15, 0.2) is 0 Å². The van der Waals surface area contributed by atoms with E-state index in [4.69, 9.17) is 0 Å². The molecule has 0 radical (unpaired) electrons. The quantitative estimate of drug-likeness (QED) is 0.869. The summed E-state index contributed by atoms with van der Waals surface area (Å²) in [6.45, 7) is 9.24. The molecule has 2 aliphatic rings. The molecule has 1 N–H and O–H groups in total. The maximum atomic E-state index is 3.41. The number of nitrogens with zero attached hydrogens (tertiary/aromatic N) is 3. The van der Waals surface area contributed by atoms with Gasteiger partial charge in [0.25, 0.3) is 0 Å². The van der Waals surface area contributed by atoms with E-state index in [1.807, 2.05) is 0 Å². The second kappa shape index (κ2) is 5.80. The molecular weight excluding hydrogens is 236 g/mol. The van der Waals surface area contributed by atoms with Crippen molar-refractivity contribution >= 4 is 11.4 Å². The van der Waals surface area contributed by atoms with Crippen LogP contribution < -0.4 is 15.1 Å². The van der Waals surface area contributed by atoms with Crippen LogP contribution >= 0.6 is 0 Å². The predicted octanol–water partition coefficient (Wildman–Crippen LogP) is 0.848. The summed E-state index contributed by atoms with van der Waals surface area (Å²) < 4.78 is 0. The molecule has 0 bridgehead atoms. The lowest BCUT2D eigenvalue weighted by atomic mass is 10.1. The van der Waals surface area contributed by atoms with Gasteiger partial charge in [-0.25, -0.2) is 0 Å². The van der Waals surface area contributed by atoms with Gasteiger partial charge in [-0.05, 0) is 12.1 Å². The zero-order valence-electron chi connectivity index (χ0n) is 11.8. The van der Waals surface area contributed by atoms with Gasteiger partial charge in [-0.2, -0.15) is 0 Å². The Morgan fingerprint density at radius 3 is 2.47 bits per heavy atom. The van der Waals surface area contributed by atoms with Gasteiger partial charge in [0.2, 0.25) is 0 Å². The van der Waals surface area contributed by atoms with Gasteiger partial charge < -0.3 is 15.1 Å². The highest BCUT2D eigenvalue weighted by atomic mass is 15.3. The number of benzene rings is 1. The van der Waals surface area contributed by atoms with Crippen LogP contribution in [0.25, 0.3) is 0 Å². The number of nitrogens with one attached hydrogen (secondary N) is 1. The molecule has 104 valence electrons. The van der Waals surface area contributed by atoms with Crippen LogP contribution in [-0.4, -0.2) is 64.3 Å². The molecule has 0 unspecified atom stereocenters. The van der Waals surface area contributed by atoms with Crippen LogP contribution in [0.4, 0.5) is 11.4 Å². The smallest absolute Gasteiger partial charge is 0.0605 e. The first-order valence-corrected chi connectivity index (χ1v) is 7.33. The van der Waals surface area contributed by atoms with Crippen LogP contribution in [0.3, 0.4) is 0 Å². The highest BCUT2D eigenvalue weighted by molar-refractivity contribution is 5.73. The molecule has 3 rings (SSSR count). The van der Waals surface area contributed by atoms with Gasteiger partial charge in [0, 0.05) is 59.4 Å². The summed E-state index contributed by atoms with van der Waals surface area (Å²) in [6.07, 6.45) is 0. The normalized spacial score (nSPS) is 20.5. The van der Waals surface area contributed by atoms with E-state index in [-0.39, 0.29) is 0 Å². The van der Waals surface area contributed by atoms with Crippen LogP contribution in [0.1, 0.15) is 0 Å². The third-order valence-corrected chi connectivity index (χ3v) is 4.23. The second-order valence-electron chi connectivity index (χ2n) is 5.49. The van der Waals surface area contributed by atoms with Gasteiger partial charge in [0.1, 0.15) is 0 Å². The lowest BCUT2D eigenvalue weighted by molar-refractivity contribution is 0.245. The molecule has 0 amide bonds. The third kappa shape index (κ3) is 2.85. The Hall–Kier alpha value is -1.26. The molecular formula is C15H24N4. The van der Waals surface area contributed by atoms with E-state index in [2.05, 4.69) is 51.3 Å². The monoisotopic (exact) mass is 260 g/mol. The fraction of sp³-hybridized carbons (Fsp3) is 0.600. The maximum absolute atomic E-state index is 3.41. The molecule has 4 heteroatoms. The summed E-state index contributed by atoms with van der Waals surface area (Å²) in [5.41, 5.74) is 2.76. The number of anilines is 2. The van der Waals surface area contributed by atoms with Crippen molar-refractivity contribution in [3.05, 3.63) is 24.3 Å². The Labute approximate surface area is 116 Å². The van der Waals surface area contributed by atoms with Crippen molar-refractivity contribution in [2.24, 2.45) is 0 Å². The van der Waals surface area contributed by atoms with Crippen LogP contribution in [0, 0.1) is 0 Å². The molecule has 1 fully saturated rings. The molecule has 4 nitrogen and oxygen atoms in total. The van der Waals surface area contributed by atoms with Gasteiger partial charge in [-0.15, -0.1) is 0 Å². The van der Waals surface area contributed by atoms with Crippen molar-refractivity contribution in [1.82, 2.24) is 10.2 Å². The van der Waals surface area contributed by atoms with Gasteiger partial charge in [-0.3, -0.25) is 4.90 Å². The zero-order chi connectivity index (χ0) is 13.1. The second-order valence-corrected chi connectivity index (χ2v) is 5.49. The standard InChI is InChI=1S/C15H24N4/c1-17-10-12-19(15-5-3-2-4-14(15)17)13-11-18-8-6-16-7-9-18/h2-5,16H,6-13H2,1H3.